The lowest BCUT2D eigenvalue weighted by atomic mass is 10.0. The van der Waals surface area contributed by atoms with Crippen molar-refractivity contribution < 1.29 is 4.79 Å². The molecule has 2 aliphatic heterocycles. The number of piperidine rings is 1. The number of rotatable bonds is 3. The molecule has 2 saturated heterocycles. The third kappa shape index (κ3) is 4.25. The van der Waals surface area contributed by atoms with Crippen LogP contribution in [0.2, 0.25) is 0 Å². The molecule has 0 N–H and O–H groups in total. The van der Waals surface area contributed by atoms with Gasteiger partial charge >= 0.3 is 0 Å². The summed E-state index contributed by atoms with van der Waals surface area (Å²) in [5, 5.41) is 0.941. The van der Waals surface area contributed by atoms with E-state index in [-0.39, 0.29) is 5.91 Å². The molecule has 0 spiro atoms. The van der Waals surface area contributed by atoms with Crippen LogP contribution >= 0.6 is 11.3 Å². The van der Waals surface area contributed by atoms with Crippen molar-refractivity contribution in [1.29, 1.82) is 0 Å². The van der Waals surface area contributed by atoms with E-state index in [2.05, 4.69) is 22.0 Å². The SMILES string of the molecule is Cc1nc(-c2ccccc2)sc1C(=O)N1CCC(N2CCCCCC2)CC1. The molecule has 3 heterocycles. The van der Waals surface area contributed by atoms with Gasteiger partial charge in [0.25, 0.3) is 5.91 Å². The number of likely N-dealkylation sites (tertiary alicyclic amines) is 2. The molecule has 5 heteroatoms. The Bertz CT molecular complexity index is 757. The molecule has 1 aromatic heterocycles. The fourth-order valence-electron chi connectivity index (χ4n) is 4.34. The van der Waals surface area contributed by atoms with Crippen LogP contribution in [0.4, 0.5) is 0 Å². The van der Waals surface area contributed by atoms with Gasteiger partial charge in [0.2, 0.25) is 0 Å². The summed E-state index contributed by atoms with van der Waals surface area (Å²) in [6.45, 7) is 6.19. The second-order valence-corrected chi connectivity index (χ2v) is 8.77. The first kappa shape index (κ1) is 18.6. The number of carbonyl (C=O) groups is 1. The lowest BCUT2D eigenvalue weighted by Gasteiger charge is -2.38. The smallest absolute Gasteiger partial charge is 0.265 e. The molecule has 1 amide bonds. The van der Waals surface area contributed by atoms with Gasteiger partial charge in [-0.3, -0.25) is 4.79 Å². The van der Waals surface area contributed by atoms with E-state index < -0.39 is 0 Å². The van der Waals surface area contributed by atoms with Gasteiger partial charge in [-0.1, -0.05) is 43.2 Å². The molecule has 4 nitrogen and oxygen atoms in total. The maximum absolute atomic E-state index is 13.1. The van der Waals surface area contributed by atoms with Crippen LogP contribution in [0.3, 0.4) is 0 Å². The van der Waals surface area contributed by atoms with Crippen LogP contribution in [0, 0.1) is 6.92 Å². The molecule has 4 rings (SSSR count). The quantitative estimate of drug-likeness (QED) is 0.777. The number of aryl methyl sites for hydroxylation is 1. The van der Waals surface area contributed by atoms with Crippen molar-refractivity contribution in [3.05, 3.63) is 40.9 Å². The number of hydrogen-bond acceptors (Lipinski definition) is 4. The molecule has 0 atom stereocenters. The number of hydrogen-bond donors (Lipinski definition) is 0. The fourth-order valence-corrected chi connectivity index (χ4v) is 5.38. The summed E-state index contributed by atoms with van der Waals surface area (Å²) in [4.78, 5) is 23.3. The minimum absolute atomic E-state index is 0.168. The molecule has 0 bridgehead atoms. The summed E-state index contributed by atoms with van der Waals surface area (Å²) in [6, 6.07) is 10.8. The molecule has 0 aliphatic carbocycles. The second kappa shape index (κ2) is 8.53. The van der Waals surface area contributed by atoms with Crippen LogP contribution < -0.4 is 0 Å². The average molecular weight is 384 g/mol. The van der Waals surface area contributed by atoms with Gasteiger partial charge in [0.1, 0.15) is 9.88 Å². The highest BCUT2D eigenvalue weighted by Crippen LogP contribution is 2.30. The zero-order chi connectivity index (χ0) is 18.6. The van der Waals surface area contributed by atoms with Crippen molar-refractivity contribution in [3.8, 4) is 10.6 Å². The molecule has 27 heavy (non-hydrogen) atoms. The molecule has 0 unspecified atom stereocenters. The lowest BCUT2D eigenvalue weighted by Crippen LogP contribution is -2.47. The molecule has 2 aliphatic rings. The van der Waals surface area contributed by atoms with Gasteiger partial charge in [0, 0.05) is 24.7 Å². The Morgan fingerprint density at radius 1 is 1.00 bits per heavy atom. The highest BCUT2D eigenvalue weighted by Gasteiger charge is 2.29. The largest absolute Gasteiger partial charge is 0.338 e. The Morgan fingerprint density at radius 3 is 2.33 bits per heavy atom. The zero-order valence-corrected chi connectivity index (χ0v) is 17.0. The summed E-state index contributed by atoms with van der Waals surface area (Å²) in [5.41, 5.74) is 1.95. The van der Waals surface area contributed by atoms with Crippen molar-refractivity contribution in [1.82, 2.24) is 14.8 Å². The van der Waals surface area contributed by atoms with Crippen LogP contribution in [0.25, 0.3) is 10.6 Å². The number of carbonyl (C=O) groups excluding carboxylic acids is 1. The molecule has 2 aromatic rings. The van der Waals surface area contributed by atoms with Crippen LogP contribution in [0.15, 0.2) is 30.3 Å². The molecule has 0 radical (unpaired) electrons. The predicted octanol–water partition coefficient (Wildman–Crippen LogP) is 4.60. The van der Waals surface area contributed by atoms with Crippen molar-refractivity contribution in [2.24, 2.45) is 0 Å². The highest BCUT2D eigenvalue weighted by atomic mass is 32.1. The lowest BCUT2D eigenvalue weighted by molar-refractivity contribution is 0.0626. The van der Waals surface area contributed by atoms with Crippen LogP contribution in [-0.4, -0.2) is 52.9 Å². The van der Waals surface area contributed by atoms with Crippen LogP contribution in [0.1, 0.15) is 53.9 Å². The molecule has 1 aromatic carbocycles. The maximum atomic E-state index is 13.1. The summed E-state index contributed by atoms with van der Waals surface area (Å²) in [5.74, 6) is 0.168. The number of aromatic nitrogens is 1. The monoisotopic (exact) mass is 383 g/mol. The molecular weight excluding hydrogens is 354 g/mol. The van der Waals surface area contributed by atoms with Gasteiger partial charge in [-0.15, -0.1) is 11.3 Å². The van der Waals surface area contributed by atoms with Crippen molar-refractivity contribution in [3.63, 3.8) is 0 Å². The van der Waals surface area contributed by atoms with Gasteiger partial charge in [0.05, 0.1) is 5.69 Å². The van der Waals surface area contributed by atoms with E-state index in [1.165, 1.54) is 50.1 Å². The maximum Gasteiger partial charge on any atom is 0.265 e. The van der Waals surface area contributed by atoms with E-state index in [1.807, 2.05) is 30.0 Å². The molecule has 2 fully saturated rings. The highest BCUT2D eigenvalue weighted by molar-refractivity contribution is 7.17. The standard InChI is InChI=1S/C22H29N3OS/c1-17-20(27-21(23-17)18-9-5-4-6-10-18)22(26)25-15-11-19(12-16-25)24-13-7-2-3-8-14-24/h4-6,9-10,19H,2-3,7-8,11-16H2,1H3. The zero-order valence-electron chi connectivity index (χ0n) is 16.2. The van der Waals surface area contributed by atoms with Gasteiger partial charge in [-0.2, -0.15) is 0 Å². The van der Waals surface area contributed by atoms with E-state index in [0.717, 1.165) is 47.1 Å². The van der Waals surface area contributed by atoms with Crippen molar-refractivity contribution >= 4 is 17.2 Å². The molecule has 0 saturated carbocycles. The van der Waals surface area contributed by atoms with Crippen molar-refractivity contribution in [2.45, 2.75) is 51.5 Å². The summed E-state index contributed by atoms with van der Waals surface area (Å²) in [6.07, 6.45) is 7.64. The Labute approximate surface area is 166 Å². The Kier molecular flexibility index (Phi) is 5.89. The predicted molar refractivity (Wildman–Crippen MR) is 111 cm³/mol. The van der Waals surface area contributed by atoms with E-state index >= 15 is 0 Å². The number of benzene rings is 1. The van der Waals surface area contributed by atoms with Gasteiger partial charge < -0.3 is 9.80 Å². The molecule has 144 valence electrons. The Balaban J connectivity index is 1.40. The van der Waals surface area contributed by atoms with Gasteiger partial charge in [-0.25, -0.2) is 4.98 Å². The fraction of sp³-hybridized carbons (Fsp3) is 0.545. The van der Waals surface area contributed by atoms with Gasteiger partial charge in [-0.05, 0) is 45.7 Å². The third-order valence-electron chi connectivity index (χ3n) is 5.92. The average Bonchev–Trinajstić information content (AvgIpc) is 2.92. The third-order valence-corrected chi connectivity index (χ3v) is 7.11. The van der Waals surface area contributed by atoms with Crippen LogP contribution in [-0.2, 0) is 0 Å². The van der Waals surface area contributed by atoms with E-state index in [1.54, 1.807) is 0 Å². The normalized spacial score (nSPS) is 19.8. The van der Waals surface area contributed by atoms with E-state index in [4.69, 9.17) is 0 Å². The second-order valence-electron chi connectivity index (χ2n) is 7.77. The van der Waals surface area contributed by atoms with Gasteiger partial charge in [0.15, 0.2) is 0 Å². The van der Waals surface area contributed by atoms with E-state index in [0.29, 0.717) is 6.04 Å². The summed E-state index contributed by atoms with van der Waals surface area (Å²) < 4.78 is 0. The Morgan fingerprint density at radius 2 is 1.67 bits per heavy atom. The first-order valence-corrected chi connectivity index (χ1v) is 11.1. The Hall–Kier alpha value is -1.72. The summed E-state index contributed by atoms with van der Waals surface area (Å²) >= 11 is 1.53. The first-order chi connectivity index (χ1) is 13.2. The molecular formula is C22H29N3OS. The minimum Gasteiger partial charge on any atom is -0.338 e. The van der Waals surface area contributed by atoms with Crippen molar-refractivity contribution in [2.75, 3.05) is 26.2 Å². The number of thiazole rings is 1. The minimum atomic E-state index is 0.168. The number of amides is 1. The summed E-state index contributed by atoms with van der Waals surface area (Å²) in [7, 11) is 0. The topological polar surface area (TPSA) is 36.4 Å². The number of nitrogens with zero attached hydrogens (tertiary/aromatic N) is 3. The first-order valence-electron chi connectivity index (χ1n) is 10.3. The van der Waals surface area contributed by atoms with Crippen LogP contribution in [0.5, 0.6) is 0 Å². The van der Waals surface area contributed by atoms with E-state index in [9.17, 15) is 4.79 Å².